The number of rotatable bonds is 3. The van der Waals surface area contributed by atoms with E-state index in [9.17, 15) is 5.21 Å². The van der Waals surface area contributed by atoms with E-state index in [2.05, 4.69) is 26.8 Å². The zero-order valence-corrected chi connectivity index (χ0v) is 13.0. The Morgan fingerprint density at radius 3 is 2.74 bits per heavy atom. The van der Waals surface area contributed by atoms with Crippen LogP contribution in [0.5, 0.6) is 0 Å². The van der Waals surface area contributed by atoms with Crippen LogP contribution in [0.3, 0.4) is 0 Å². The average molecular weight is 324 g/mol. The lowest BCUT2D eigenvalue weighted by molar-refractivity contribution is 0.317. The van der Waals surface area contributed by atoms with E-state index >= 15 is 0 Å². The highest BCUT2D eigenvalue weighted by Gasteiger charge is 2.29. The molecule has 0 amide bonds. The van der Waals surface area contributed by atoms with Gasteiger partial charge in [0.1, 0.15) is 0 Å². The van der Waals surface area contributed by atoms with Crippen LogP contribution in [0.4, 0.5) is 0 Å². The van der Waals surface area contributed by atoms with Gasteiger partial charge in [-0.1, -0.05) is 53.2 Å². The van der Waals surface area contributed by atoms with Crippen molar-refractivity contribution in [3.8, 4) is 11.3 Å². The second-order valence-corrected chi connectivity index (χ2v) is 5.98. The number of aromatic nitrogens is 2. The molecule has 2 heterocycles. The van der Waals surface area contributed by atoms with Crippen molar-refractivity contribution < 1.29 is 5.21 Å². The molecule has 0 fully saturated rings. The molecule has 23 heavy (non-hydrogen) atoms. The van der Waals surface area contributed by atoms with Gasteiger partial charge in [-0.3, -0.25) is 0 Å². The first-order valence-corrected chi connectivity index (χ1v) is 7.73. The third-order valence-corrected chi connectivity index (χ3v) is 4.53. The average Bonchev–Trinajstić information content (AvgIpc) is 3.16. The molecule has 1 aliphatic rings. The summed E-state index contributed by atoms with van der Waals surface area (Å²) in [4.78, 5) is 4.25. The first-order valence-electron chi connectivity index (χ1n) is 7.36. The molecular weight excluding hydrogens is 310 g/mol. The van der Waals surface area contributed by atoms with Gasteiger partial charge in [-0.15, -0.1) is 0 Å². The third kappa shape index (κ3) is 2.32. The van der Waals surface area contributed by atoms with Crippen LogP contribution >= 0.6 is 11.6 Å². The van der Waals surface area contributed by atoms with Crippen molar-refractivity contribution in [3.63, 3.8) is 0 Å². The second kappa shape index (κ2) is 5.56. The molecular formula is C18H14ClN3O. The Morgan fingerprint density at radius 1 is 1.17 bits per heavy atom. The molecule has 1 unspecified atom stereocenters. The van der Waals surface area contributed by atoms with E-state index in [4.69, 9.17) is 11.6 Å². The lowest BCUT2D eigenvalue weighted by Crippen LogP contribution is -2.12. The molecule has 0 aliphatic carbocycles. The highest BCUT2D eigenvalue weighted by Crippen LogP contribution is 2.41. The summed E-state index contributed by atoms with van der Waals surface area (Å²) in [6, 6.07) is 15.7. The topological polar surface area (TPSA) is 50.4 Å². The Morgan fingerprint density at radius 2 is 1.96 bits per heavy atom. The van der Waals surface area contributed by atoms with Gasteiger partial charge in [-0.25, -0.2) is 4.98 Å². The second-order valence-electron chi connectivity index (χ2n) is 5.55. The van der Waals surface area contributed by atoms with E-state index in [-0.39, 0.29) is 6.04 Å². The summed E-state index contributed by atoms with van der Waals surface area (Å²) in [6.45, 7) is 0. The van der Waals surface area contributed by atoms with Crippen LogP contribution in [0.1, 0.15) is 23.6 Å². The van der Waals surface area contributed by atoms with Crippen LogP contribution in [-0.4, -0.2) is 20.5 Å². The molecule has 114 valence electrons. The molecule has 1 atom stereocenters. The van der Waals surface area contributed by atoms with Crippen LogP contribution in [0, 0.1) is 0 Å². The molecule has 0 bridgehead atoms. The molecule has 4 nitrogen and oxygen atoms in total. The van der Waals surface area contributed by atoms with Gasteiger partial charge in [0.15, 0.2) is 0 Å². The summed E-state index contributed by atoms with van der Waals surface area (Å²) in [7, 11) is 0. The van der Waals surface area contributed by atoms with E-state index in [0.717, 1.165) is 11.3 Å². The van der Waals surface area contributed by atoms with Crippen LogP contribution < -0.4 is 0 Å². The summed E-state index contributed by atoms with van der Waals surface area (Å²) in [6.07, 6.45) is 4.28. The number of fused-ring (bicyclic) bond motifs is 3. The van der Waals surface area contributed by atoms with Gasteiger partial charge in [-0.05, 0) is 23.3 Å². The summed E-state index contributed by atoms with van der Waals surface area (Å²) >= 11 is 5.93. The Kier molecular flexibility index (Phi) is 3.39. The van der Waals surface area contributed by atoms with Crippen molar-refractivity contribution in [2.24, 2.45) is 5.16 Å². The smallest absolute Gasteiger partial charge is 0.0956 e. The maximum atomic E-state index is 9.49. The molecule has 2 aromatic carbocycles. The number of hydrogen-bond donors (Lipinski definition) is 1. The first kappa shape index (κ1) is 14.0. The van der Waals surface area contributed by atoms with E-state index in [1.807, 2.05) is 36.8 Å². The van der Waals surface area contributed by atoms with E-state index in [1.165, 1.54) is 11.1 Å². The number of benzene rings is 2. The highest BCUT2D eigenvalue weighted by atomic mass is 35.5. The fourth-order valence-electron chi connectivity index (χ4n) is 3.18. The zero-order chi connectivity index (χ0) is 15.8. The Labute approximate surface area is 138 Å². The monoisotopic (exact) mass is 323 g/mol. The quantitative estimate of drug-likeness (QED) is 0.442. The van der Waals surface area contributed by atoms with Crippen molar-refractivity contribution in [1.82, 2.24) is 9.55 Å². The summed E-state index contributed by atoms with van der Waals surface area (Å²) in [5.41, 5.74) is 4.99. The Hall–Kier alpha value is -2.59. The number of hydrogen-bond acceptors (Lipinski definition) is 3. The molecule has 0 saturated carbocycles. The number of oxime groups is 1. The molecule has 1 N–H and O–H groups in total. The van der Waals surface area contributed by atoms with Gasteiger partial charge in [0.25, 0.3) is 0 Å². The molecule has 1 aromatic heterocycles. The largest absolute Gasteiger partial charge is 0.411 e. The van der Waals surface area contributed by atoms with Crippen molar-refractivity contribution >= 4 is 17.3 Å². The molecule has 0 radical (unpaired) electrons. The Balaban J connectivity index is 1.72. The number of halogens is 1. The summed E-state index contributed by atoms with van der Waals surface area (Å²) in [5.74, 6) is 0. The standard InChI is InChI=1S/C18H14ClN3O/c19-13-7-5-12(6-8-13)16(21-23)9-17-14-3-1-2-4-15(14)18-10-20-11-22(17)18/h1-8,10-11,17,23H,9H2/b21-16-. The van der Waals surface area contributed by atoms with Crippen molar-refractivity contribution in [2.45, 2.75) is 12.5 Å². The minimum Gasteiger partial charge on any atom is -0.411 e. The third-order valence-electron chi connectivity index (χ3n) is 4.28. The van der Waals surface area contributed by atoms with Crippen molar-refractivity contribution in [1.29, 1.82) is 0 Å². The molecule has 4 rings (SSSR count). The van der Waals surface area contributed by atoms with Gasteiger partial charge in [0.2, 0.25) is 0 Å². The minimum absolute atomic E-state index is 0.0743. The van der Waals surface area contributed by atoms with Gasteiger partial charge in [-0.2, -0.15) is 0 Å². The van der Waals surface area contributed by atoms with E-state index in [1.54, 1.807) is 12.1 Å². The van der Waals surface area contributed by atoms with Gasteiger partial charge < -0.3 is 9.77 Å². The van der Waals surface area contributed by atoms with E-state index in [0.29, 0.717) is 17.2 Å². The highest BCUT2D eigenvalue weighted by molar-refractivity contribution is 6.30. The van der Waals surface area contributed by atoms with E-state index < -0.39 is 0 Å². The normalized spacial score (nSPS) is 16.2. The van der Waals surface area contributed by atoms with Gasteiger partial charge >= 0.3 is 0 Å². The van der Waals surface area contributed by atoms with Crippen LogP contribution in [-0.2, 0) is 0 Å². The predicted molar refractivity (Wildman–Crippen MR) is 90.2 cm³/mol. The predicted octanol–water partition coefficient (Wildman–Crippen LogP) is 4.37. The Bertz CT molecular complexity index is 883. The minimum atomic E-state index is 0.0743. The molecule has 0 spiro atoms. The van der Waals surface area contributed by atoms with Gasteiger partial charge in [0.05, 0.1) is 30.0 Å². The number of imidazole rings is 1. The van der Waals surface area contributed by atoms with Gasteiger partial charge in [0, 0.05) is 17.0 Å². The van der Waals surface area contributed by atoms with Crippen molar-refractivity contribution in [3.05, 3.63) is 77.2 Å². The van der Waals surface area contributed by atoms with Crippen molar-refractivity contribution in [2.75, 3.05) is 0 Å². The zero-order valence-electron chi connectivity index (χ0n) is 12.2. The fraction of sp³-hybridized carbons (Fsp3) is 0.111. The lowest BCUT2D eigenvalue weighted by Gasteiger charge is -2.15. The molecule has 5 heteroatoms. The molecule has 1 aliphatic heterocycles. The van der Waals surface area contributed by atoms with Crippen LogP contribution in [0.25, 0.3) is 11.3 Å². The molecule has 3 aromatic rings. The summed E-state index contributed by atoms with van der Waals surface area (Å²) in [5, 5.41) is 13.7. The first-order chi connectivity index (χ1) is 11.3. The summed E-state index contributed by atoms with van der Waals surface area (Å²) < 4.78 is 2.13. The maximum Gasteiger partial charge on any atom is 0.0956 e. The lowest BCUT2D eigenvalue weighted by atomic mass is 9.96. The maximum absolute atomic E-state index is 9.49. The molecule has 0 saturated heterocycles. The fourth-order valence-corrected chi connectivity index (χ4v) is 3.31. The van der Waals surface area contributed by atoms with Crippen LogP contribution in [0.15, 0.2) is 66.2 Å². The van der Waals surface area contributed by atoms with Crippen LogP contribution in [0.2, 0.25) is 5.02 Å². The SMILES string of the molecule is O/N=C(/CC1c2ccccc2-c2cncn21)c1ccc(Cl)cc1. The number of nitrogens with zero attached hydrogens (tertiary/aromatic N) is 3.